The second kappa shape index (κ2) is 6.96. The molecule has 4 rings (SSSR count). The molecular weight excluding hydrogens is 342 g/mol. The first-order chi connectivity index (χ1) is 13.0. The van der Waals surface area contributed by atoms with E-state index in [2.05, 4.69) is 15.3 Å². The Labute approximate surface area is 156 Å². The van der Waals surface area contributed by atoms with Gasteiger partial charge in [0, 0.05) is 17.3 Å². The van der Waals surface area contributed by atoms with Gasteiger partial charge in [-0.25, -0.2) is 0 Å². The summed E-state index contributed by atoms with van der Waals surface area (Å²) >= 11 is 0. The van der Waals surface area contributed by atoms with E-state index in [0.717, 1.165) is 16.5 Å². The summed E-state index contributed by atoms with van der Waals surface area (Å²) in [5, 5.41) is 13.7. The van der Waals surface area contributed by atoms with Crippen LogP contribution in [-0.4, -0.2) is 27.1 Å². The molecule has 0 aliphatic heterocycles. The highest BCUT2D eigenvalue weighted by Gasteiger charge is 2.36. The maximum absolute atomic E-state index is 12.7. The number of aromatic amines is 1. The highest BCUT2D eigenvalue weighted by atomic mass is 16.3. The number of hydrogen-bond acceptors (Lipinski definition) is 4. The van der Waals surface area contributed by atoms with Gasteiger partial charge in [0.05, 0.1) is 17.7 Å². The fourth-order valence-corrected chi connectivity index (χ4v) is 3.60. The van der Waals surface area contributed by atoms with Crippen molar-refractivity contribution in [3.63, 3.8) is 0 Å². The van der Waals surface area contributed by atoms with Crippen LogP contribution >= 0.6 is 0 Å². The summed E-state index contributed by atoms with van der Waals surface area (Å²) in [7, 11) is 0. The number of rotatable bonds is 4. The number of nitrogens with one attached hydrogen (secondary N) is 2. The van der Waals surface area contributed by atoms with Crippen LogP contribution in [0.15, 0.2) is 53.5 Å². The first kappa shape index (κ1) is 17.4. The predicted octanol–water partition coefficient (Wildman–Crippen LogP) is 2.47. The molecule has 1 aromatic carbocycles. The topological polar surface area (TPSA) is 95.1 Å². The number of nitrogens with zero attached hydrogens (tertiary/aromatic N) is 1. The summed E-state index contributed by atoms with van der Waals surface area (Å²) in [6.45, 7) is 1.77. The second-order valence-corrected chi connectivity index (χ2v) is 7.18. The van der Waals surface area contributed by atoms with Gasteiger partial charge >= 0.3 is 0 Å². The Bertz CT molecular complexity index is 1050. The van der Waals surface area contributed by atoms with Gasteiger partial charge in [0.25, 0.3) is 11.5 Å². The molecule has 27 heavy (non-hydrogen) atoms. The number of aryl methyl sites for hydroxylation is 1. The van der Waals surface area contributed by atoms with Crippen LogP contribution in [0, 0.1) is 12.8 Å². The van der Waals surface area contributed by atoms with Gasteiger partial charge < -0.3 is 15.4 Å². The number of aliphatic hydroxyl groups is 1. The van der Waals surface area contributed by atoms with Crippen LogP contribution in [0.3, 0.4) is 0 Å². The lowest BCUT2D eigenvalue weighted by molar-refractivity contribution is 0.0235. The molecule has 1 aliphatic carbocycles. The van der Waals surface area contributed by atoms with E-state index in [9.17, 15) is 14.7 Å². The summed E-state index contributed by atoms with van der Waals surface area (Å²) in [5.41, 5.74) is 2.14. The maximum Gasteiger partial charge on any atom is 0.260 e. The van der Waals surface area contributed by atoms with Gasteiger partial charge in [0.2, 0.25) is 0 Å². The Balaban J connectivity index is 1.66. The molecule has 1 fully saturated rings. The average Bonchev–Trinajstić information content (AvgIpc) is 2.63. The van der Waals surface area contributed by atoms with Crippen molar-refractivity contribution in [2.75, 3.05) is 0 Å². The third kappa shape index (κ3) is 3.48. The number of benzene rings is 1. The number of pyridine rings is 2. The summed E-state index contributed by atoms with van der Waals surface area (Å²) < 4.78 is 0. The minimum Gasteiger partial charge on any atom is -0.393 e. The molecule has 0 radical (unpaired) electrons. The highest BCUT2D eigenvalue weighted by Crippen LogP contribution is 2.38. The second-order valence-electron chi connectivity index (χ2n) is 7.18. The van der Waals surface area contributed by atoms with Crippen molar-refractivity contribution in [3.05, 3.63) is 75.8 Å². The molecule has 1 saturated carbocycles. The summed E-state index contributed by atoms with van der Waals surface area (Å²) in [5.74, 6) is -0.313. The lowest BCUT2D eigenvalue weighted by Crippen LogP contribution is -2.42. The Morgan fingerprint density at radius 3 is 2.78 bits per heavy atom. The first-order valence-electron chi connectivity index (χ1n) is 9.05. The Hall–Kier alpha value is -2.99. The summed E-state index contributed by atoms with van der Waals surface area (Å²) in [6, 6.07) is 12.7. The number of fused-ring (bicyclic) bond motifs is 1. The molecular formula is C21H21N3O3. The molecule has 1 aliphatic rings. The van der Waals surface area contributed by atoms with Gasteiger partial charge in [-0.2, -0.15) is 0 Å². The van der Waals surface area contributed by atoms with Crippen LogP contribution in [0.4, 0.5) is 0 Å². The summed E-state index contributed by atoms with van der Waals surface area (Å²) in [4.78, 5) is 32.0. The SMILES string of the molecule is Cc1ccc(C(=O)N[C@H](c2cnc3ccccc3c2)C2CC(O)C2)c(=O)[nH]1. The number of para-hydroxylation sites is 1. The minimum atomic E-state index is -0.421. The minimum absolute atomic E-state index is 0.0826. The number of aromatic nitrogens is 2. The van der Waals surface area contributed by atoms with Crippen molar-refractivity contribution in [1.82, 2.24) is 15.3 Å². The van der Waals surface area contributed by atoms with Crippen LogP contribution < -0.4 is 10.9 Å². The van der Waals surface area contributed by atoms with Gasteiger partial charge in [-0.1, -0.05) is 18.2 Å². The van der Waals surface area contributed by atoms with Crippen LogP contribution in [0.25, 0.3) is 10.9 Å². The van der Waals surface area contributed by atoms with E-state index in [0.29, 0.717) is 18.5 Å². The van der Waals surface area contributed by atoms with E-state index in [4.69, 9.17) is 0 Å². The first-order valence-corrected chi connectivity index (χ1v) is 9.05. The average molecular weight is 363 g/mol. The van der Waals surface area contributed by atoms with E-state index in [1.54, 1.807) is 19.2 Å². The lowest BCUT2D eigenvalue weighted by Gasteiger charge is -2.38. The Kier molecular flexibility index (Phi) is 4.49. The molecule has 3 N–H and O–H groups in total. The molecule has 6 nitrogen and oxygen atoms in total. The van der Waals surface area contributed by atoms with E-state index in [-0.39, 0.29) is 23.6 Å². The standard InChI is InChI=1S/C21H21N3O3/c1-12-6-7-17(20(26)23-12)21(27)24-19(14-9-16(25)10-14)15-8-13-4-2-3-5-18(13)22-11-15/h2-8,11,14,16,19,25H,9-10H2,1H3,(H,23,26)(H,24,27)/t14?,16?,19-/m0/s1. The fraction of sp³-hybridized carbons (Fsp3) is 0.286. The van der Waals surface area contributed by atoms with Crippen molar-refractivity contribution in [2.45, 2.75) is 31.9 Å². The number of amides is 1. The van der Waals surface area contributed by atoms with Crippen LogP contribution in [0.1, 0.15) is 40.5 Å². The number of carbonyl (C=O) groups excluding carboxylic acids is 1. The zero-order valence-electron chi connectivity index (χ0n) is 15.0. The van der Waals surface area contributed by atoms with Crippen molar-refractivity contribution in [3.8, 4) is 0 Å². The van der Waals surface area contributed by atoms with E-state index < -0.39 is 11.5 Å². The Morgan fingerprint density at radius 1 is 1.26 bits per heavy atom. The molecule has 2 heterocycles. The number of H-pyrrole nitrogens is 1. The number of hydrogen-bond donors (Lipinski definition) is 3. The smallest absolute Gasteiger partial charge is 0.260 e. The van der Waals surface area contributed by atoms with Gasteiger partial charge in [-0.15, -0.1) is 0 Å². The van der Waals surface area contributed by atoms with Crippen molar-refractivity contribution >= 4 is 16.8 Å². The highest BCUT2D eigenvalue weighted by molar-refractivity contribution is 5.94. The van der Waals surface area contributed by atoms with Gasteiger partial charge in [0.1, 0.15) is 5.56 Å². The molecule has 0 saturated heterocycles. The van der Waals surface area contributed by atoms with E-state index >= 15 is 0 Å². The normalized spacial score (nSPS) is 20.1. The zero-order chi connectivity index (χ0) is 19.0. The zero-order valence-corrected chi connectivity index (χ0v) is 15.0. The molecule has 138 valence electrons. The molecule has 1 atom stereocenters. The quantitative estimate of drug-likeness (QED) is 0.664. The number of carbonyl (C=O) groups is 1. The molecule has 0 unspecified atom stereocenters. The maximum atomic E-state index is 12.7. The van der Waals surface area contributed by atoms with Gasteiger partial charge in [-0.3, -0.25) is 14.6 Å². The van der Waals surface area contributed by atoms with Crippen LogP contribution in [0.2, 0.25) is 0 Å². The molecule has 1 amide bonds. The number of aliphatic hydroxyl groups excluding tert-OH is 1. The molecule has 0 spiro atoms. The van der Waals surface area contributed by atoms with Crippen LogP contribution in [-0.2, 0) is 0 Å². The Morgan fingerprint density at radius 2 is 2.04 bits per heavy atom. The van der Waals surface area contributed by atoms with Crippen molar-refractivity contribution in [1.29, 1.82) is 0 Å². The molecule has 6 heteroatoms. The predicted molar refractivity (Wildman–Crippen MR) is 102 cm³/mol. The molecule has 3 aromatic rings. The van der Waals surface area contributed by atoms with Crippen molar-refractivity contribution in [2.24, 2.45) is 5.92 Å². The third-order valence-electron chi connectivity index (χ3n) is 5.18. The van der Waals surface area contributed by atoms with Gasteiger partial charge in [-0.05, 0) is 55.5 Å². The van der Waals surface area contributed by atoms with E-state index in [1.165, 1.54) is 6.07 Å². The van der Waals surface area contributed by atoms with Gasteiger partial charge in [0.15, 0.2) is 0 Å². The lowest BCUT2D eigenvalue weighted by atomic mass is 9.75. The molecule has 2 aromatic heterocycles. The summed E-state index contributed by atoms with van der Waals surface area (Å²) in [6.07, 6.45) is 2.65. The van der Waals surface area contributed by atoms with Crippen molar-refractivity contribution < 1.29 is 9.90 Å². The molecule has 0 bridgehead atoms. The monoisotopic (exact) mass is 363 g/mol. The van der Waals surface area contributed by atoms with Crippen LogP contribution in [0.5, 0.6) is 0 Å². The third-order valence-corrected chi connectivity index (χ3v) is 5.18. The largest absolute Gasteiger partial charge is 0.393 e. The van der Waals surface area contributed by atoms with E-state index in [1.807, 2.05) is 30.3 Å². The fourth-order valence-electron chi connectivity index (χ4n) is 3.60.